The summed E-state index contributed by atoms with van der Waals surface area (Å²) in [6, 6.07) is 23.7. The van der Waals surface area contributed by atoms with Gasteiger partial charge in [-0.1, -0.05) is 53.7 Å². The third-order valence-corrected chi connectivity index (χ3v) is 13.0. The Morgan fingerprint density at radius 3 is 1.27 bits per heavy atom. The summed E-state index contributed by atoms with van der Waals surface area (Å²) in [5.41, 5.74) is 17.7. The monoisotopic (exact) mass is 976 g/mol. The number of benzene rings is 4. The van der Waals surface area contributed by atoms with Crippen LogP contribution in [0.1, 0.15) is 116 Å². The molecule has 376 valence electrons. The zero-order chi connectivity index (χ0) is 50.8. The summed E-state index contributed by atoms with van der Waals surface area (Å²) in [4.78, 5) is 32.1. The first-order chi connectivity index (χ1) is 32.8. The first kappa shape index (κ1) is 51.4. The van der Waals surface area contributed by atoms with Crippen LogP contribution in [0, 0.1) is 22.7 Å². The largest absolute Gasteiger partial charge is 0.573 e. The molecule has 18 heteroatoms. The molecule has 4 atom stereocenters. The van der Waals surface area contributed by atoms with Crippen molar-refractivity contribution in [2.75, 3.05) is 10.6 Å². The van der Waals surface area contributed by atoms with Crippen LogP contribution in [0.4, 0.5) is 49.6 Å². The molecule has 2 amide bonds. The number of aromatic nitrogens is 4. The van der Waals surface area contributed by atoms with Crippen LogP contribution in [0.25, 0.3) is 22.1 Å². The number of alkyl halides is 6. The normalized spacial score (nSPS) is 20.1. The smallest absolute Gasteiger partial charge is 0.406 e. The Hall–Kier alpha value is -6.46. The molecule has 2 fully saturated rings. The molecule has 0 aliphatic heterocycles. The average Bonchev–Trinajstić information content (AvgIpc) is 3.78. The van der Waals surface area contributed by atoms with Crippen molar-refractivity contribution in [1.29, 1.82) is 0 Å². The number of nitrogens with one attached hydrogen (secondary N) is 2. The number of anilines is 4. The van der Waals surface area contributed by atoms with Crippen LogP contribution in [0.5, 0.6) is 11.5 Å². The van der Waals surface area contributed by atoms with E-state index in [1.807, 2.05) is 36.4 Å². The molecule has 12 nitrogen and oxygen atoms in total. The van der Waals surface area contributed by atoms with Gasteiger partial charge in [0.15, 0.2) is 0 Å². The Morgan fingerprint density at radius 1 is 0.600 bits per heavy atom. The Bertz CT molecular complexity index is 2590. The summed E-state index contributed by atoms with van der Waals surface area (Å²) in [6.45, 7) is 13.7. The molecule has 2 aliphatic rings. The molecular formula is C52H62F6N8O4. The van der Waals surface area contributed by atoms with Crippen molar-refractivity contribution in [3.63, 3.8) is 0 Å². The van der Waals surface area contributed by atoms with Gasteiger partial charge in [-0.25, -0.2) is 9.97 Å². The highest BCUT2D eigenvalue weighted by molar-refractivity contribution is 5.82. The lowest BCUT2D eigenvalue weighted by Gasteiger charge is -2.40. The number of nitrogens with two attached hydrogens (primary N) is 2. The zero-order valence-electron chi connectivity index (χ0n) is 40.3. The van der Waals surface area contributed by atoms with Gasteiger partial charge in [0.25, 0.3) is 0 Å². The highest BCUT2D eigenvalue weighted by Crippen LogP contribution is 2.48. The predicted octanol–water partition coefficient (Wildman–Crippen LogP) is 13.0. The van der Waals surface area contributed by atoms with E-state index in [0.29, 0.717) is 47.9 Å². The topological polar surface area (TPSA) is 164 Å². The highest BCUT2D eigenvalue weighted by atomic mass is 19.4. The summed E-state index contributed by atoms with van der Waals surface area (Å²) in [7, 11) is 0. The molecule has 0 bridgehead atoms. The van der Waals surface area contributed by atoms with Gasteiger partial charge < -0.3 is 40.7 Å². The fraction of sp³-hybridized carbons (Fsp3) is 0.462. The average molecular weight is 977 g/mol. The molecule has 6 aromatic rings. The van der Waals surface area contributed by atoms with Crippen LogP contribution >= 0.6 is 0 Å². The molecule has 0 unspecified atom stereocenters. The van der Waals surface area contributed by atoms with E-state index in [9.17, 15) is 35.9 Å². The second-order valence-electron chi connectivity index (χ2n) is 20.7. The lowest BCUT2D eigenvalue weighted by Crippen LogP contribution is -2.29. The van der Waals surface area contributed by atoms with E-state index in [1.54, 1.807) is 0 Å². The van der Waals surface area contributed by atoms with Gasteiger partial charge >= 0.3 is 12.7 Å². The van der Waals surface area contributed by atoms with E-state index >= 15 is 0 Å². The van der Waals surface area contributed by atoms with Crippen molar-refractivity contribution in [3.8, 4) is 11.5 Å². The third-order valence-electron chi connectivity index (χ3n) is 13.0. The fourth-order valence-electron chi connectivity index (χ4n) is 10.8. The first-order valence-electron chi connectivity index (χ1n) is 23.6. The van der Waals surface area contributed by atoms with Crippen molar-refractivity contribution < 1.29 is 45.4 Å². The summed E-state index contributed by atoms with van der Waals surface area (Å²) in [5, 5.41) is 6.60. The van der Waals surface area contributed by atoms with Crippen molar-refractivity contribution in [1.82, 2.24) is 19.1 Å². The van der Waals surface area contributed by atoms with Crippen LogP contribution in [-0.2, 0) is 22.4 Å². The third kappa shape index (κ3) is 13.9. The van der Waals surface area contributed by atoms with E-state index < -0.39 is 12.7 Å². The first-order valence-corrected chi connectivity index (χ1v) is 23.6. The standard InChI is InChI=1S/2C26H31F3N4O2/c2*1-16-12-19(15-25(2,3)14-16)33-22-10-4-17(5-11-23(30)34)13-21(22)32-24(33)31-18-6-8-20(9-7-18)35-26(27,28)29/h2*4,6-10,13,16,19H,5,11-12,14-15H2,1-3H3,(H2,30,34)(H,31,32)/t2*16-,19+/m10/s1. The second-order valence-corrected chi connectivity index (χ2v) is 20.7. The van der Waals surface area contributed by atoms with Crippen LogP contribution < -0.4 is 31.6 Å². The number of carbonyl (C=O) groups is 2. The maximum atomic E-state index is 12.5. The van der Waals surface area contributed by atoms with Gasteiger partial charge in [-0.2, -0.15) is 0 Å². The van der Waals surface area contributed by atoms with Gasteiger partial charge in [-0.05, 0) is 158 Å². The second kappa shape index (κ2) is 20.5. The predicted molar refractivity (Wildman–Crippen MR) is 259 cm³/mol. The Morgan fingerprint density at radius 2 is 0.957 bits per heavy atom. The quantitative estimate of drug-likeness (QED) is 0.0784. The number of hydrogen-bond donors (Lipinski definition) is 4. The molecule has 2 aliphatic carbocycles. The lowest BCUT2D eigenvalue weighted by atomic mass is 9.70. The number of nitrogens with zero attached hydrogens (tertiary/aromatic N) is 4. The number of hydrogen-bond acceptors (Lipinski definition) is 8. The number of amides is 2. The van der Waals surface area contributed by atoms with Crippen molar-refractivity contribution in [2.45, 2.75) is 131 Å². The minimum absolute atomic E-state index is 0.175. The Balaban J connectivity index is 0.000000206. The van der Waals surface area contributed by atoms with Gasteiger partial charge in [-0.3, -0.25) is 9.59 Å². The number of aryl methyl sites for hydroxylation is 2. The molecule has 8 rings (SSSR count). The maximum absolute atomic E-state index is 12.5. The zero-order valence-corrected chi connectivity index (χ0v) is 40.3. The van der Waals surface area contributed by atoms with Gasteiger partial charge in [0.1, 0.15) is 11.5 Å². The van der Waals surface area contributed by atoms with E-state index in [4.69, 9.17) is 21.4 Å². The van der Waals surface area contributed by atoms with Crippen LogP contribution in [-0.4, -0.2) is 43.6 Å². The van der Waals surface area contributed by atoms with E-state index in [-0.39, 0.29) is 59.1 Å². The van der Waals surface area contributed by atoms with Crippen LogP contribution in [0.15, 0.2) is 84.9 Å². The highest BCUT2D eigenvalue weighted by Gasteiger charge is 2.37. The number of carbonyl (C=O) groups excluding carboxylic acids is 2. The fourth-order valence-corrected chi connectivity index (χ4v) is 10.8. The van der Waals surface area contributed by atoms with Gasteiger partial charge in [0.05, 0.1) is 22.1 Å². The van der Waals surface area contributed by atoms with E-state index in [0.717, 1.165) is 71.7 Å². The summed E-state index contributed by atoms with van der Waals surface area (Å²) in [5.74, 6) is 1.09. The number of rotatable bonds is 14. The van der Waals surface area contributed by atoms with Gasteiger partial charge in [-0.15, -0.1) is 26.3 Å². The number of ether oxygens (including phenoxy) is 2. The summed E-state index contributed by atoms with van der Waals surface area (Å²) in [6.07, 6.45) is -1.59. The van der Waals surface area contributed by atoms with E-state index in [1.165, 1.54) is 48.5 Å². The molecule has 2 aromatic heterocycles. The molecule has 4 aromatic carbocycles. The van der Waals surface area contributed by atoms with E-state index in [2.05, 4.69) is 70.8 Å². The molecule has 2 saturated carbocycles. The number of imidazole rings is 2. The van der Waals surface area contributed by atoms with Crippen molar-refractivity contribution in [2.24, 2.45) is 34.1 Å². The number of fused-ring (bicyclic) bond motifs is 2. The minimum Gasteiger partial charge on any atom is -0.406 e. The Labute approximate surface area is 403 Å². The van der Waals surface area contributed by atoms with Crippen molar-refractivity contribution >= 4 is 57.2 Å². The van der Waals surface area contributed by atoms with Gasteiger partial charge in [0, 0.05) is 36.3 Å². The number of halogens is 6. The molecular weight excluding hydrogens is 915 g/mol. The molecule has 0 radical (unpaired) electrons. The lowest BCUT2D eigenvalue weighted by molar-refractivity contribution is -0.275. The SMILES string of the molecule is C[C@@H]1C[C@H](n2c(Nc3ccc(OC(F)(F)F)cc3)nc3cc(CCC(N)=O)ccc32)CC(C)(C)C1.C[C@H]1C[C@@H](n2c(Nc3ccc(OC(F)(F)F)cc3)nc3cc(CCC(N)=O)ccc32)CC(C)(C)C1. The molecule has 0 saturated heterocycles. The number of primary amides is 2. The summed E-state index contributed by atoms with van der Waals surface area (Å²) >= 11 is 0. The molecule has 0 spiro atoms. The molecule has 2 heterocycles. The van der Waals surface area contributed by atoms with Crippen LogP contribution in [0.2, 0.25) is 0 Å². The summed E-state index contributed by atoms with van der Waals surface area (Å²) < 4.78 is 87.5. The Kier molecular flexibility index (Phi) is 15.0. The molecule has 6 N–H and O–H groups in total. The minimum atomic E-state index is -4.74. The molecule has 70 heavy (non-hydrogen) atoms. The van der Waals surface area contributed by atoms with Crippen LogP contribution in [0.3, 0.4) is 0 Å². The van der Waals surface area contributed by atoms with Gasteiger partial charge in [0.2, 0.25) is 23.7 Å². The van der Waals surface area contributed by atoms with Crippen molar-refractivity contribution in [3.05, 3.63) is 96.1 Å². The maximum Gasteiger partial charge on any atom is 0.573 e.